The molecule has 0 saturated heterocycles. The van der Waals surface area contributed by atoms with E-state index in [0.717, 1.165) is 27.5 Å². The first-order valence-corrected chi connectivity index (χ1v) is 10.8. The third kappa shape index (κ3) is 6.42. The van der Waals surface area contributed by atoms with Crippen molar-refractivity contribution in [3.8, 4) is 22.6 Å². The van der Waals surface area contributed by atoms with Gasteiger partial charge in [-0.1, -0.05) is 66.7 Å². The lowest BCUT2D eigenvalue weighted by molar-refractivity contribution is -0.133. The van der Waals surface area contributed by atoms with E-state index in [1.807, 2.05) is 72.8 Å². The monoisotopic (exact) mass is 442 g/mol. The van der Waals surface area contributed by atoms with Gasteiger partial charge in [-0.05, 0) is 51.7 Å². The van der Waals surface area contributed by atoms with Crippen LogP contribution in [0, 0.1) is 0 Å². The minimum absolute atomic E-state index is 0.163. The molecule has 0 amide bonds. The topological polar surface area (TPSA) is 54.0 Å². The molecule has 5 heteroatoms. The number of benzene rings is 4. The Labute approximate surface area is 193 Å². The molecule has 4 aromatic carbocycles. The van der Waals surface area contributed by atoms with Crippen molar-refractivity contribution in [3.05, 3.63) is 96.6 Å². The Morgan fingerprint density at radius 2 is 1.45 bits per heavy atom. The van der Waals surface area contributed by atoms with Gasteiger partial charge in [0.1, 0.15) is 11.5 Å². The minimum atomic E-state index is -0.298. The van der Waals surface area contributed by atoms with E-state index in [2.05, 4.69) is 12.1 Å². The van der Waals surface area contributed by atoms with Crippen LogP contribution < -0.4 is 9.47 Å². The van der Waals surface area contributed by atoms with Gasteiger partial charge in [0.05, 0.1) is 19.6 Å². The van der Waals surface area contributed by atoms with Crippen LogP contribution in [0.3, 0.4) is 0 Å². The molecule has 0 aliphatic carbocycles. The third-order valence-corrected chi connectivity index (χ3v) is 5.14. The number of hydrogen-bond donors (Lipinski definition) is 0. The maximum atomic E-state index is 12.5. The zero-order chi connectivity index (χ0) is 22.9. The molecule has 0 saturated carbocycles. The summed E-state index contributed by atoms with van der Waals surface area (Å²) < 4.78 is 21.5. The highest BCUT2D eigenvalue weighted by molar-refractivity contribution is 5.86. The van der Waals surface area contributed by atoms with E-state index in [-0.39, 0.29) is 19.2 Å². The van der Waals surface area contributed by atoms with Crippen molar-refractivity contribution in [2.45, 2.75) is 6.42 Å². The fraction of sp³-hybridized carbons (Fsp3) is 0.179. The van der Waals surface area contributed by atoms with Gasteiger partial charge in [-0.25, -0.2) is 0 Å². The van der Waals surface area contributed by atoms with Crippen molar-refractivity contribution in [2.75, 3.05) is 27.1 Å². The molecule has 0 aromatic heterocycles. The second kappa shape index (κ2) is 11.3. The van der Waals surface area contributed by atoms with Gasteiger partial charge in [0.15, 0.2) is 6.79 Å². The molecule has 0 heterocycles. The van der Waals surface area contributed by atoms with Crippen LogP contribution in [-0.4, -0.2) is 33.1 Å². The van der Waals surface area contributed by atoms with Gasteiger partial charge in [-0.3, -0.25) is 4.79 Å². The average molecular weight is 443 g/mol. The van der Waals surface area contributed by atoms with Gasteiger partial charge in [0, 0.05) is 7.11 Å². The number of hydrogen-bond acceptors (Lipinski definition) is 5. The number of carbonyl (C=O) groups is 1. The van der Waals surface area contributed by atoms with Crippen molar-refractivity contribution < 1.29 is 23.7 Å². The SMILES string of the molecule is COCCOCOc1ccc2cc(OC(=O)Cc3cccc(-c4ccccc4)c3)ccc2c1. The predicted octanol–water partition coefficient (Wildman–Crippen LogP) is 5.65. The van der Waals surface area contributed by atoms with Crippen LogP contribution in [0.1, 0.15) is 5.56 Å². The summed E-state index contributed by atoms with van der Waals surface area (Å²) >= 11 is 0. The van der Waals surface area contributed by atoms with Gasteiger partial charge in [0.2, 0.25) is 0 Å². The van der Waals surface area contributed by atoms with Crippen LogP contribution in [-0.2, 0) is 20.7 Å². The molecule has 0 bridgehead atoms. The standard InChI is InChI=1S/C28H26O5/c1-30-14-15-31-20-32-26-12-10-25-19-27(13-11-24(25)18-26)33-28(29)17-21-6-5-9-23(16-21)22-7-3-2-4-8-22/h2-13,16,18-19H,14-15,17,20H2,1H3. The van der Waals surface area contributed by atoms with Gasteiger partial charge >= 0.3 is 5.97 Å². The van der Waals surface area contributed by atoms with E-state index in [1.165, 1.54) is 0 Å². The molecule has 4 aromatic rings. The largest absolute Gasteiger partial charge is 0.468 e. The van der Waals surface area contributed by atoms with Crippen molar-refractivity contribution in [1.29, 1.82) is 0 Å². The molecule has 5 nitrogen and oxygen atoms in total. The highest BCUT2D eigenvalue weighted by Crippen LogP contribution is 2.26. The number of ether oxygens (including phenoxy) is 4. The molecular weight excluding hydrogens is 416 g/mol. The molecule has 0 N–H and O–H groups in total. The van der Waals surface area contributed by atoms with Crippen LogP contribution in [0.15, 0.2) is 91.0 Å². The molecule has 4 rings (SSSR count). The van der Waals surface area contributed by atoms with Crippen molar-refractivity contribution >= 4 is 16.7 Å². The van der Waals surface area contributed by atoms with E-state index in [9.17, 15) is 4.79 Å². The van der Waals surface area contributed by atoms with Crippen LogP contribution in [0.2, 0.25) is 0 Å². The first kappa shape index (κ1) is 22.5. The van der Waals surface area contributed by atoms with Crippen LogP contribution >= 0.6 is 0 Å². The van der Waals surface area contributed by atoms with E-state index in [1.54, 1.807) is 13.2 Å². The fourth-order valence-electron chi connectivity index (χ4n) is 3.49. The maximum absolute atomic E-state index is 12.5. The number of rotatable bonds is 10. The summed E-state index contributed by atoms with van der Waals surface area (Å²) in [5, 5.41) is 1.94. The maximum Gasteiger partial charge on any atom is 0.315 e. The summed E-state index contributed by atoms with van der Waals surface area (Å²) in [6.45, 7) is 1.17. The summed E-state index contributed by atoms with van der Waals surface area (Å²) in [4.78, 5) is 12.5. The second-order valence-corrected chi connectivity index (χ2v) is 7.55. The van der Waals surface area contributed by atoms with E-state index in [4.69, 9.17) is 18.9 Å². The van der Waals surface area contributed by atoms with E-state index < -0.39 is 0 Å². The summed E-state index contributed by atoms with van der Waals surface area (Å²) in [5.74, 6) is 0.930. The van der Waals surface area contributed by atoms with Gasteiger partial charge in [-0.15, -0.1) is 0 Å². The summed E-state index contributed by atoms with van der Waals surface area (Å²) in [7, 11) is 1.63. The highest BCUT2D eigenvalue weighted by atomic mass is 16.7. The normalized spacial score (nSPS) is 10.8. The Kier molecular flexibility index (Phi) is 7.69. The molecule has 0 radical (unpaired) electrons. The molecule has 168 valence electrons. The van der Waals surface area contributed by atoms with E-state index in [0.29, 0.717) is 24.7 Å². The number of esters is 1. The Balaban J connectivity index is 1.36. The average Bonchev–Trinajstić information content (AvgIpc) is 2.84. The highest BCUT2D eigenvalue weighted by Gasteiger charge is 2.09. The van der Waals surface area contributed by atoms with Gasteiger partial charge in [0.25, 0.3) is 0 Å². The van der Waals surface area contributed by atoms with Crippen molar-refractivity contribution in [3.63, 3.8) is 0 Å². The van der Waals surface area contributed by atoms with Crippen LogP contribution in [0.4, 0.5) is 0 Å². The molecular formula is C28H26O5. The molecule has 0 spiro atoms. The first-order valence-electron chi connectivity index (χ1n) is 10.8. The molecule has 0 aliphatic rings. The van der Waals surface area contributed by atoms with Crippen molar-refractivity contribution in [2.24, 2.45) is 0 Å². The summed E-state index contributed by atoms with van der Waals surface area (Å²) in [6, 6.07) is 29.3. The van der Waals surface area contributed by atoms with Gasteiger partial charge < -0.3 is 18.9 Å². The first-order chi connectivity index (χ1) is 16.2. The van der Waals surface area contributed by atoms with Crippen LogP contribution in [0.5, 0.6) is 11.5 Å². The minimum Gasteiger partial charge on any atom is -0.468 e. The molecule has 0 unspecified atom stereocenters. The van der Waals surface area contributed by atoms with E-state index >= 15 is 0 Å². The molecule has 33 heavy (non-hydrogen) atoms. The Bertz CT molecular complexity index is 1200. The number of methoxy groups -OCH3 is 1. The molecule has 0 aliphatic heterocycles. The lowest BCUT2D eigenvalue weighted by atomic mass is 10.0. The Morgan fingerprint density at radius 3 is 2.24 bits per heavy atom. The zero-order valence-corrected chi connectivity index (χ0v) is 18.5. The predicted molar refractivity (Wildman–Crippen MR) is 128 cm³/mol. The van der Waals surface area contributed by atoms with Gasteiger partial charge in [-0.2, -0.15) is 0 Å². The Morgan fingerprint density at radius 1 is 0.727 bits per heavy atom. The number of carbonyl (C=O) groups excluding carboxylic acids is 1. The second-order valence-electron chi connectivity index (χ2n) is 7.55. The zero-order valence-electron chi connectivity index (χ0n) is 18.5. The summed E-state index contributed by atoms with van der Waals surface area (Å²) in [6.07, 6.45) is 0.203. The quantitative estimate of drug-likeness (QED) is 0.137. The smallest absolute Gasteiger partial charge is 0.315 e. The fourth-order valence-corrected chi connectivity index (χ4v) is 3.49. The molecule has 0 fully saturated rings. The number of fused-ring (bicyclic) bond motifs is 1. The lowest BCUT2D eigenvalue weighted by Crippen LogP contribution is -2.11. The third-order valence-electron chi connectivity index (χ3n) is 5.14. The Hall–Kier alpha value is -3.67. The van der Waals surface area contributed by atoms with Crippen molar-refractivity contribution in [1.82, 2.24) is 0 Å². The molecule has 0 atom stereocenters. The summed E-state index contributed by atoms with van der Waals surface area (Å²) in [5.41, 5.74) is 3.11. The lowest BCUT2D eigenvalue weighted by Gasteiger charge is -2.09. The van der Waals surface area contributed by atoms with Crippen LogP contribution in [0.25, 0.3) is 21.9 Å².